The van der Waals surface area contributed by atoms with Crippen LogP contribution in [-0.2, 0) is 7.05 Å². The van der Waals surface area contributed by atoms with E-state index >= 15 is 0 Å². The van der Waals surface area contributed by atoms with Crippen LogP contribution in [0, 0.1) is 4.77 Å². The van der Waals surface area contributed by atoms with E-state index in [1.165, 1.54) is 0 Å². The van der Waals surface area contributed by atoms with Crippen molar-refractivity contribution in [3.8, 4) is 11.5 Å². The number of aromatic amines is 2. The maximum atomic E-state index is 5.05. The van der Waals surface area contributed by atoms with Crippen molar-refractivity contribution in [2.45, 2.75) is 0 Å². The van der Waals surface area contributed by atoms with Crippen molar-refractivity contribution in [2.24, 2.45) is 7.05 Å². The fourth-order valence-corrected chi connectivity index (χ4v) is 1.79. The molecule has 0 saturated heterocycles. The molecule has 0 spiro atoms. The monoisotopic (exact) mass is 231 g/mol. The van der Waals surface area contributed by atoms with Crippen molar-refractivity contribution in [2.75, 3.05) is 0 Å². The predicted octanol–water partition coefficient (Wildman–Crippen LogP) is 2.02. The van der Waals surface area contributed by atoms with Gasteiger partial charge in [0, 0.05) is 12.4 Å². The van der Waals surface area contributed by atoms with Crippen LogP contribution in [0.1, 0.15) is 0 Å². The molecule has 2 N–H and O–H groups in total. The Morgan fingerprint density at radius 1 is 1.31 bits per heavy atom. The molecule has 0 aliphatic heterocycles. The predicted molar refractivity (Wildman–Crippen MR) is 63.5 cm³/mol. The Morgan fingerprint density at radius 2 is 2.12 bits per heavy atom. The van der Waals surface area contributed by atoms with Crippen LogP contribution in [-0.4, -0.2) is 25.0 Å². The van der Waals surface area contributed by atoms with E-state index in [9.17, 15) is 0 Å². The number of aromatic nitrogens is 5. The minimum Gasteiger partial charge on any atom is -0.278 e. The van der Waals surface area contributed by atoms with E-state index in [4.69, 9.17) is 12.2 Å². The summed E-state index contributed by atoms with van der Waals surface area (Å²) in [6.45, 7) is 0. The summed E-state index contributed by atoms with van der Waals surface area (Å²) in [7, 11) is 1.83. The number of hydrogen-bond donors (Lipinski definition) is 2. The van der Waals surface area contributed by atoms with Crippen molar-refractivity contribution < 1.29 is 0 Å². The summed E-state index contributed by atoms with van der Waals surface area (Å²) >= 11 is 5.05. The van der Waals surface area contributed by atoms with Gasteiger partial charge in [-0.15, -0.1) is 0 Å². The van der Waals surface area contributed by atoms with Crippen molar-refractivity contribution in [1.82, 2.24) is 25.0 Å². The summed E-state index contributed by atoms with van der Waals surface area (Å²) in [4.78, 5) is 4.24. The molecule has 0 fully saturated rings. The zero-order valence-electron chi connectivity index (χ0n) is 8.56. The Morgan fingerprint density at radius 3 is 2.88 bits per heavy atom. The lowest BCUT2D eigenvalue weighted by Gasteiger charge is -1.91. The molecule has 0 saturated carbocycles. The van der Waals surface area contributed by atoms with E-state index in [1.807, 2.05) is 31.3 Å². The molecular formula is C10H9N5S. The summed E-state index contributed by atoms with van der Waals surface area (Å²) in [5, 5.41) is 11.3. The van der Waals surface area contributed by atoms with Crippen molar-refractivity contribution in [3.63, 3.8) is 0 Å². The van der Waals surface area contributed by atoms with Crippen LogP contribution in [0.4, 0.5) is 0 Å². The first-order chi connectivity index (χ1) is 7.75. The van der Waals surface area contributed by atoms with Crippen LogP contribution in [0.5, 0.6) is 0 Å². The van der Waals surface area contributed by atoms with E-state index in [2.05, 4.69) is 20.3 Å². The molecule has 0 aliphatic carbocycles. The fraction of sp³-hybridized carbons (Fsp3) is 0.100. The minimum absolute atomic E-state index is 0.516. The highest BCUT2D eigenvalue weighted by atomic mass is 32.1. The molecule has 6 heteroatoms. The third-order valence-corrected chi connectivity index (χ3v) is 2.83. The van der Waals surface area contributed by atoms with Crippen LogP contribution in [0.3, 0.4) is 0 Å². The van der Waals surface area contributed by atoms with Crippen LogP contribution < -0.4 is 0 Å². The molecule has 0 atom stereocenters. The molecule has 1 aromatic carbocycles. The minimum atomic E-state index is 0.516. The van der Waals surface area contributed by atoms with Crippen molar-refractivity contribution in [1.29, 1.82) is 0 Å². The molecular weight excluding hydrogens is 222 g/mol. The van der Waals surface area contributed by atoms with Gasteiger partial charge in [-0.25, -0.2) is 0 Å². The van der Waals surface area contributed by atoms with Crippen LogP contribution in [0.15, 0.2) is 24.3 Å². The van der Waals surface area contributed by atoms with Gasteiger partial charge in [0.1, 0.15) is 5.69 Å². The normalized spacial score (nSPS) is 11.1. The van der Waals surface area contributed by atoms with E-state index in [1.54, 1.807) is 4.68 Å². The largest absolute Gasteiger partial charge is 0.278 e. The SMILES string of the molecule is Cn1[nH]c(-c2n[nH]c3ccccc23)nc1=S. The third-order valence-electron chi connectivity index (χ3n) is 2.46. The molecule has 5 nitrogen and oxygen atoms in total. The van der Waals surface area contributed by atoms with Gasteiger partial charge < -0.3 is 0 Å². The van der Waals surface area contributed by atoms with Gasteiger partial charge >= 0.3 is 0 Å². The lowest BCUT2D eigenvalue weighted by atomic mass is 10.2. The molecule has 0 unspecified atom stereocenters. The number of H-pyrrole nitrogens is 2. The Labute approximate surface area is 96.1 Å². The van der Waals surface area contributed by atoms with E-state index in [-0.39, 0.29) is 0 Å². The molecule has 2 heterocycles. The zero-order valence-corrected chi connectivity index (χ0v) is 9.38. The molecule has 0 radical (unpaired) electrons. The maximum Gasteiger partial charge on any atom is 0.216 e. The number of nitrogens with one attached hydrogen (secondary N) is 2. The van der Waals surface area contributed by atoms with Gasteiger partial charge in [0.2, 0.25) is 4.77 Å². The van der Waals surface area contributed by atoms with Gasteiger partial charge in [0.05, 0.1) is 5.52 Å². The summed E-state index contributed by atoms with van der Waals surface area (Å²) in [6.07, 6.45) is 0. The first kappa shape index (κ1) is 9.29. The second-order valence-corrected chi connectivity index (χ2v) is 3.90. The highest BCUT2D eigenvalue weighted by Crippen LogP contribution is 2.22. The van der Waals surface area contributed by atoms with Crippen LogP contribution >= 0.6 is 12.2 Å². The number of nitrogens with zero attached hydrogens (tertiary/aromatic N) is 3. The van der Waals surface area contributed by atoms with Gasteiger partial charge in [0.25, 0.3) is 0 Å². The number of benzene rings is 1. The van der Waals surface area contributed by atoms with Gasteiger partial charge in [-0.05, 0) is 18.3 Å². The standard InChI is InChI=1S/C10H9N5S/c1-15-10(16)11-9(14-15)8-6-4-2-3-5-7(6)12-13-8/h2-5H,1H3,(H,12,13)(H,11,14,16). The smallest absolute Gasteiger partial charge is 0.216 e. The molecule has 80 valence electrons. The molecule has 2 aromatic heterocycles. The first-order valence-electron chi connectivity index (χ1n) is 4.82. The lowest BCUT2D eigenvalue weighted by Crippen LogP contribution is -1.89. The van der Waals surface area contributed by atoms with Crippen molar-refractivity contribution in [3.05, 3.63) is 29.0 Å². The highest BCUT2D eigenvalue weighted by Gasteiger charge is 2.10. The zero-order chi connectivity index (χ0) is 11.1. The summed E-state index contributed by atoms with van der Waals surface area (Å²) in [6, 6.07) is 7.91. The first-order valence-corrected chi connectivity index (χ1v) is 5.23. The Kier molecular flexibility index (Phi) is 1.90. The highest BCUT2D eigenvalue weighted by molar-refractivity contribution is 7.71. The van der Waals surface area contributed by atoms with Gasteiger partial charge in [-0.1, -0.05) is 18.2 Å². The number of hydrogen-bond acceptors (Lipinski definition) is 3. The van der Waals surface area contributed by atoms with E-state index < -0.39 is 0 Å². The lowest BCUT2D eigenvalue weighted by molar-refractivity contribution is 0.755. The molecule has 16 heavy (non-hydrogen) atoms. The van der Waals surface area contributed by atoms with Crippen LogP contribution in [0.25, 0.3) is 22.4 Å². The summed E-state index contributed by atoms with van der Waals surface area (Å²) in [5.74, 6) is 0.685. The number of para-hydroxylation sites is 1. The Balaban J connectivity index is 2.30. The molecule has 0 aliphatic rings. The average Bonchev–Trinajstić information content (AvgIpc) is 2.83. The molecule has 0 bridgehead atoms. The van der Waals surface area contributed by atoms with Gasteiger partial charge in [-0.3, -0.25) is 14.9 Å². The Bertz CT molecular complexity index is 705. The topological polar surface area (TPSA) is 62.3 Å². The van der Waals surface area contributed by atoms with E-state index in [0.29, 0.717) is 10.6 Å². The van der Waals surface area contributed by atoms with Gasteiger partial charge in [-0.2, -0.15) is 10.1 Å². The molecule has 0 amide bonds. The third kappa shape index (κ3) is 1.27. The second-order valence-electron chi connectivity index (χ2n) is 3.53. The second kappa shape index (κ2) is 3.28. The number of fused-ring (bicyclic) bond motifs is 1. The van der Waals surface area contributed by atoms with Crippen molar-refractivity contribution >= 4 is 23.1 Å². The Hall–Kier alpha value is -1.95. The molecule has 3 rings (SSSR count). The summed E-state index contributed by atoms with van der Waals surface area (Å²) in [5.41, 5.74) is 1.78. The van der Waals surface area contributed by atoms with E-state index in [0.717, 1.165) is 16.6 Å². The van der Waals surface area contributed by atoms with Crippen LogP contribution in [0.2, 0.25) is 0 Å². The fourth-order valence-electron chi connectivity index (χ4n) is 1.65. The number of aryl methyl sites for hydroxylation is 1. The number of rotatable bonds is 1. The average molecular weight is 231 g/mol. The maximum absolute atomic E-state index is 5.05. The summed E-state index contributed by atoms with van der Waals surface area (Å²) < 4.78 is 2.20. The molecule has 3 aromatic rings. The quantitative estimate of drug-likeness (QED) is 0.630. The van der Waals surface area contributed by atoms with Gasteiger partial charge in [0.15, 0.2) is 5.82 Å².